The average molecular weight is 140 g/mol. The van der Waals surface area contributed by atoms with Gasteiger partial charge in [0, 0.05) is 0 Å². The van der Waals surface area contributed by atoms with Crippen LogP contribution in [0.15, 0.2) is 12.2 Å². The first-order valence-electron chi connectivity index (χ1n) is 3.70. The Balaban J connectivity index is 2.25. The molecule has 1 aliphatic heterocycles. The van der Waals surface area contributed by atoms with E-state index in [1.54, 1.807) is 0 Å². The predicted octanol–water partition coefficient (Wildman–Crippen LogP) is 0.855. The van der Waals surface area contributed by atoms with Gasteiger partial charge in [-0.05, 0) is 25.3 Å². The van der Waals surface area contributed by atoms with E-state index in [4.69, 9.17) is 4.74 Å². The molecule has 2 nitrogen and oxygen atoms in total. The summed E-state index contributed by atoms with van der Waals surface area (Å²) >= 11 is 0. The summed E-state index contributed by atoms with van der Waals surface area (Å²) in [6, 6.07) is 0. The normalized spacial score (nSPS) is 50.6. The molecule has 2 fully saturated rings. The van der Waals surface area contributed by atoms with Crippen molar-refractivity contribution in [2.75, 3.05) is 0 Å². The molecule has 1 heterocycles. The van der Waals surface area contributed by atoms with Gasteiger partial charge in [0.25, 0.3) is 0 Å². The van der Waals surface area contributed by atoms with E-state index in [-0.39, 0.29) is 17.8 Å². The highest BCUT2D eigenvalue weighted by Gasteiger charge is 2.65. The zero-order valence-corrected chi connectivity index (χ0v) is 6.13. The Morgan fingerprint density at radius 1 is 1.70 bits per heavy atom. The second kappa shape index (κ2) is 1.63. The van der Waals surface area contributed by atoms with Crippen molar-refractivity contribution in [3.05, 3.63) is 12.2 Å². The summed E-state index contributed by atoms with van der Waals surface area (Å²) in [5.74, 6) is 0. The fraction of sp³-hybridized carbons (Fsp3) is 0.750. The highest BCUT2D eigenvalue weighted by Crippen LogP contribution is 2.53. The van der Waals surface area contributed by atoms with Gasteiger partial charge in [-0.2, -0.15) is 0 Å². The largest absolute Gasteiger partial charge is 0.390 e. The first kappa shape index (κ1) is 6.38. The lowest BCUT2D eigenvalue weighted by molar-refractivity contribution is 0.0827. The number of fused-ring (bicyclic) bond motifs is 1. The number of epoxide rings is 1. The quantitative estimate of drug-likeness (QED) is 0.432. The third kappa shape index (κ3) is 0.516. The molecule has 1 N–H and O–H groups in total. The number of rotatable bonds is 1. The summed E-state index contributed by atoms with van der Waals surface area (Å²) in [6.45, 7) is 5.74. The maximum Gasteiger partial charge on any atom is 0.141 e. The van der Waals surface area contributed by atoms with Crippen LogP contribution in [0.5, 0.6) is 0 Å². The molecule has 0 amide bonds. The molecule has 10 heavy (non-hydrogen) atoms. The minimum Gasteiger partial charge on any atom is -0.390 e. The Bertz CT molecular complexity index is 188. The Morgan fingerprint density at radius 2 is 2.40 bits per heavy atom. The maximum atomic E-state index is 9.47. The van der Waals surface area contributed by atoms with Gasteiger partial charge >= 0.3 is 0 Å². The number of aliphatic hydroxyl groups is 1. The molecular formula is C8H12O2. The third-order valence-electron chi connectivity index (χ3n) is 2.62. The van der Waals surface area contributed by atoms with Gasteiger partial charge in [-0.15, -0.1) is 0 Å². The Hall–Kier alpha value is -0.340. The molecular weight excluding hydrogens is 128 g/mol. The topological polar surface area (TPSA) is 32.8 Å². The van der Waals surface area contributed by atoms with Gasteiger partial charge in [-0.25, -0.2) is 0 Å². The van der Waals surface area contributed by atoms with E-state index < -0.39 is 0 Å². The van der Waals surface area contributed by atoms with Crippen molar-refractivity contribution in [2.45, 2.75) is 37.6 Å². The van der Waals surface area contributed by atoms with Gasteiger partial charge in [-0.3, -0.25) is 0 Å². The molecule has 56 valence electrons. The molecule has 3 atom stereocenters. The molecule has 2 aliphatic rings. The van der Waals surface area contributed by atoms with E-state index in [0.717, 1.165) is 18.4 Å². The fourth-order valence-electron chi connectivity index (χ4n) is 1.95. The molecule has 0 aromatic carbocycles. The highest BCUT2D eigenvalue weighted by molar-refractivity contribution is 5.29. The lowest BCUT2D eigenvalue weighted by Crippen LogP contribution is -2.27. The predicted molar refractivity (Wildman–Crippen MR) is 37.7 cm³/mol. The first-order chi connectivity index (χ1) is 4.68. The average Bonchev–Trinajstić information content (AvgIpc) is 2.52. The molecule has 1 saturated carbocycles. The van der Waals surface area contributed by atoms with Crippen LogP contribution in [-0.4, -0.2) is 22.9 Å². The fourth-order valence-corrected chi connectivity index (χ4v) is 1.95. The maximum absolute atomic E-state index is 9.47. The smallest absolute Gasteiger partial charge is 0.141 e. The van der Waals surface area contributed by atoms with Crippen molar-refractivity contribution < 1.29 is 9.84 Å². The van der Waals surface area contributed by atoms with Crippen LogP contribution in [0.3, 0.4) is 0 Å². The lowest BCUT2D eigenvalue weighted by Gasteiger charge is -2.13. The van der Waals surface area contributed by atoms with E-state index in [2.05, 4.69) is 6.58 Å². The van der Waals surface area contributed by atoms with Crippen molar-refractivity contribution >= 4 is 0 Å². The number of hydrogen-bond acceptors (Lipinski definition) is 2. The molecule has 0 aromatic rings. The molecule has 0 radical (unpaired) electrons. The molecule has 2 heteroatoms. The lowest BCUT2D eigenvalue weighted by atomic mass is 9.97. The number of ether oxygens (including phenoxy) is 1. The van der Waals surface area contributed by atoms with Gasteiger partial charge in [0.2, 0.25) is 0 Å². The van der Waals surface area contributed by atoms with Crippen molar-refractivity contribution in [3.8, 4) is 0 Å². The molecule has 0 bridgehead atoms. The Morgan fingerprint density at radius 3 is 2.60 bits per heavy atom. The zero-order valence-electron chi connectivity index (χ0n) is 6.13. The van der Waals surface area contributed by atoms with Crippen LogP contribution >= 0.6 is 0 Å². The molecule has 0 aromatic heterocycles. The van der Waals surface area contributed by atoms with E-state index >= 15 is 0 Å². The van der Waals surface area contributed by atoms with Crippen LogP contribution in [0.25, 0.3) is 0 Å². The third-order valence-corrected chi connectivity index (χ3v) is 2.62. The number of aliphatic hydroxyl groups excluding tert-OH is 1. The zero-order chi connectivity index (χ0) is 7.35. The van der Waals surface area contributed by atoms with Crippen LogP contribution in [0.1, 0.15) is 19.8 Å². The standard InChI is InChI=1S/C8H12O2/c1-5(2)8-6(9)3-4-7(8)10-8/h6-7,9H,1,3-4H2,2H3. The van der Waals surface area contributed by atoms with Gasteiger partial charge in [0.1, 0.15) is 5.60 Å². The minimum absolute atomic E-state index is 0.278. The highest BCUT2D eigenvalue weighted by atomic mass is 16.6. The molecule has 3 unspecified atom stereocenters. The van der Waals surface area contributed by atoms with E-state index in [1.165, 1.54) is 0 Å². The second-order valence-electron chi connectivity index (χ2n) is 3.27. The first-order valence-corrected chi connectivity index (χ1v) is 3.70. The van der Waals surface area contributed by atoms with Gasteiger partial charge < -0.3 is 9.84 Å². The second-order valence-corrected chi connectivity index (χ2v) is 3.27. The van der Waals surface area contributed by atoms with E-state index in [1.807, 2.05) is 6.92 Å². The molecule has 1 aliphatic carbocycles. The summed E-state index contributed by atoms with van der Waals surface area (Å²) in [5.41, 5.74) is 0.655. The van der Waals surface area contributed by atoms with Crippen molar-refractivity contribution in [1.29, 1.82) is 0 Å². The SMILES string of the molecule is C=C(C)C12OC1CCC2O. The summed E-state index contributed by atoms with van der Waals surface area (Å²) in [7, 11) is 0. The summed E-state index contributed by atoms with van der Waals surface area (Å²) in [4.78, 5) is 0. The van der Waals surface area contributed by atoms with Crippen LogP contribution < -0.4 is 0 Å². The van der Waals surface area contributed by atoms with Crippen molar-refractivity contribution in [2.24, 2.45) is 0 Å². The van der Waals surface area contributed by atoms with Crippen LogP contribution in [0, 0.1) is 0 Å². The molecule has 2 rings (SSSR count). The number of hydrogen-bond donors (Lipinski definition) is 1. The van der Waals surface area contributed by atoms with Crippen LogP contribution in [0.4, 0.5) is 0 Å². The summed E-state index contributed by atoms with van der Waals surface area (Å²) in [5, 5.41) is 9.47. The van der Waals surface area contributed by atoms with Gasteiger partial charge in [-0.1, -0.05) is 6.58 Å². The Labute approximate surface area is 60.5 Å². The Kier molecular flexibility index (Phi) is 1.04. The monoisotopic (exact) mass is 140 g/mol. The van der Waals surface area contributed by atoms with Crippen LogP contribution in [-0.2, 0) is 4.74 Å². The molecule has 1 saturated heterocycles. The summed E-state index contributed by atoms with van der Waals surface area (Å²) < 4.78 is 5.36. The van der Waals surface area contributed by atoms with Crippen molar-refractivity contribution in [3.63, 3.8) is 0 Å². The van der Waals surface area contributed by atoms with Crippen molar-refractivity contribution in [1.82, 2.24) is 0 Å². The van der Waals surface area contributed by atoms with Gasteiger partial charge in [0.05, 0.1) is 12.2 Å². The van der Waals surface area contributed by atoms with E-state index in [9.17, 15) is 5.11 Å². The summed E-state index contributed by atoms with van der Waals surface area (Å²) in [6.07, 6.45) is 1.85. The molecule has 0 spiro atoms. The van der Waals surface area contributed by atoms with Crippen LogP contribution in [0.2, 0.25) is 0 Å². The van der Waals surface area contributed by atoms with E-state index in [0.29, 0.717) is 0 Å². The van der Waals surface area contributed by atoms with Gasteiger partial charge in [0.15, 0.2) is 0 Å². The minimum atomic E-state index is -0.319.